The average molecular weight is 275 g/mol. The van der Waals surface area contributed by atoms with Gasteiger partial charge in [0.05, 0.1) is 24.0 Å². The molecule has 2 rings (SSSR count). The van der Waals surface area contributed by atoms with Crippen molar-refractivity contribution >= 4 is 11.0 Å². The summed E-state index contributed by atoms with van der Waals surface area (Å²) in [5, 5.41) is 13.2. The molecule has 0 aliphatic heterocycles. The van der Waals surface area contributed by atoms with Gasteiger partial charge in [0, 0.05) is 17.6 Å². The van der Waals surface area contributed by atoms with Crippen molar-refractivity contribution in [2.45, 2.75) is 51.7 Å². The molecule has 0 spiro atoms. The summed E-state index contributed by atoms with van der Waals surface area (Å²) >= 11 is 0. The van der Waals surface area contributed by atoms with E-state index in [0.29, 0.717) is 6.04 Å². The van der Waals surface area contributed by atoms with Crippen LogP contribution in [0.1, 0.15) is 40.2 Å². The number of fused-ring (bicyclic) bond motifs is 1. The molecule has 20 heavy (non-hydrogen) atoms. The Morgan fingerprint density at radius 1 is 1.30 bits per heavy atom. The van der Waals surface area contributed by atoms with Crippen LogP contribution in [0.5, 0.6) is 0 Å². The lowest BCUT2D eigenvalue weighted by atomic mass is 9.93. The summed E-state index contributed by atoms with van der Waals surface area (Å²) in [5.41, 5.74) is 1.88. The Hall–Kier alpha value is -1.39. The molecule has 2 N–H and O–H groups in total. The fraction of sp³-hybridized carbons (Fsp3) is 0.562. The van der Waals surface area contributed by atoms with E-state index in [1.54, 1.807) is 0 Å². The van der Waals surface area contributed by atoms with E-state index in [-0.39, 0.29) is 18.2 Å². The summed E-state index contributed by atoms with van der Waals surface area (Å²) in [5.74, 6) is 0. The lowest BCUT2D eigenvalue weighted by Gasteiger charge is -2.34. The topological polar surface area (TPSA) is 50.1 Å². The number of benzene rings is 1. The van der Waals surface area contributed by atoms with Gasteiger partial charge >= 0.3 is 0 Å². The molecule has 1 aromatic heterocycles. The fourth-order valence-electron chi connectivity index (χ4n) is 2.95. The summed E-state index contributed by atoms with van der Waals surface area (Å²) in [4.78, 5) is 4.44. The highest BCUT2D eigenvalue weighted by Gasteiger charge is 2.27. The van der Waals surface area contributed by atoms with E-state index >= 15 is 0 Å². The van der Waals surface area contributed by atoms with Crippen LogP contribution in [0.3, 0.4) is 0 Å². The van der Waals surface area contributed by atoms with E-state index in [1.165, 1.54) is 0 Å². The maximum Gasteiger partial charge on any atom is 0.0960 e. The molecule has 2 aromatic rings. The minimum absolute atomic E-state index is 0.127. The molecule has 0 aliphatic rings. The highest BCUT2D eigenvalue weighted by Crippen LogP contribution is 2.25. The molecule has 0 amide bonds. The van der Waals surface area contributed by atoms with Crippen molar-refractivity contribution in [1.82, 2.24) is 14.9 Å². The van der Waals surface area contributed by atoms with Gasteiger partial charge in [0.1, 0.15) is 0 Å². The van der Waals surface area contributed by atoms with Gasteiger partial charge in [-0.3, -0.25) is 0 Å². The first-order chi connectivity index (χ1) is 9.45. The number of imidazole rings is 1. The number of para-hydroxylation sites is 2. The number of nitrogens with one attached hydrogen (secondary N) is 1. The molecular formula is C16H25N3O. The van der Waals surface area contributed by atoms with Gasteiger partial charge in [-0.1, -0.05) is 26.0 Å². The van der Waals surface area contributed by atoms with E-state index in [2.05, 4.69) is 48.6 Å². The molecule has 1 heterocycles. The second kappa shape index (κ2) is 5.94. The first-order valence-electron chi connectivity index (χ1n) is 7.25. The quantitative estimate of drug-likeness (QED) is 0.852. The third-order valence-electron chi connectivity index (χ3n) is 3.69. The van der Waals surface area contributed by atoms with Gasteiger partial charge in [-0.25, -0.2) is 4.98 Å². The Labute approximate surface area is 120 Å². The van der Waals surface area contributed by atoms with E-state index in [9.17, 15) is 5.11 Å². The van der Waals surface area contributed by atoms with Crippen molar-refractivity contribution in [2.75, 3.05) is 6.61 Å². The van der Waals surface area contributed by atoms with Crippen LogP contribution < -0.4 is 5.32 Å². The number of hydrogen-bond acceptors (Lipinski definition) is 3. The van der Waals surface area contributed by atoms with Crippen molar-refractivity contribution in [3.63, 3.8) is 0 Å². The third-order valence-corrected chi connectivity index (χ3v) is 3.69. The van der Waals surface area contributed by atoms with Crippen LogP contribution in [0.4, 0.5) is 0 Å². The molecule has 2 unspecified atom stereocenters. The van der Waals surface area contributed by atoms with Crippen LogP contribution in [0, 0.1) is 0 Å². The highest BCUT2D eigenvalue weighted by molar-refractivity contribution is 5.75. The Bertz CT molecular complexity index is 564. The maximum atomic E-state index is 9.71. The lowest BCUT2D eigenvalue weighted by Crippen LogP contribution is -2.50. The van der Waals surface area contributed by atoms with Crippen LogP contribution in [0.15, 0.2) is 30.6 Å². The van der Waals surface area contributed by atoms with E-state index in [1.807, 2.05) is 24.5 Å². The average Bonchev–Trinajstić information content (AvgIpc) is 2.81. The predicted octanol–water partition coefficient (Wildman–Crippen LogP) is 2.74. The molecule has 4 heteroatoms. The van der Waals surface area contributed by atoms with Gasteiger partial charge < -0.3 is 15.0 Å². The first kappa shape index (κ1) is 15.0. The smallest absolute Gasteiger partial charge is 0.0960 e. The molecule has 0 saturated heterocycles. The van der Waals surface area contributed by atoms with Crippen LogP contribution in [-0.4, -0.2) is 32.8 Å². The Balaban J connectivity index is 2.20. The summed E-state index contributed by atoms with van der Waals surface area (Å²) in [7, 11) is 0. The first-order valence-corrected chi connectivity index (χ1v) is 7.25. The summed E-state index contributed by atoms with van der Waals surface area (Å²) in [6.07, 6.45) is 2.74. The van der Waals surface area contributed by atoms with Crippen molar-refractivity contribution in [3.05, 3.63) is 30.6 Å². The number of rotatable bonds is 6. The summed E-state index contributed by atoms with van der Waals surface area (Å²) in [6, 6.07) is 8.76. The number of aliphatic hydroxyl groups is 1. The van der Waals surface area contributed by atoms with E-state index in [0.717, 1.165) is 17.5 Å². The summed E-state index contributed by atoms with van der Waals surface area (Å²) < 4.78 is 2.19. The Morgan fingerprint density at radius 3 is 2.65 bits per heavy atom. The normalized spacial score (nSPS) is 16.5. The minimum Gasteiger partial charge on any atom is -0.394 e. The van der Waals surface area contributed by atoms with Gasteiger partial charge in [0.2, 0.25) is 0 Å². The molecule has 0 saturated carbocycles. The van der Waals surface area contributed by atoms with Crippen LogP contribution in [0.25, 0.3) is 11.0 Å². The SMILES string of the molecule is CC(C)NC(C)(CO)CC(C)n1cnc2ccccc21. The molecular weight excluding hydrogens is 250 g/mol. The highest BCUT2D eigenvalue weighted by atomic mass is 16.3. The van der Waals surface area contributed by atoms with Crippen LogP contribution in [-0.2, 0) is 0 Å². The molecule has 4 nitrogen and oxygen atoms in total. The molecule has 0 bridgehead atoms. The molecule has 0 fully saturated rings. The maximum absolute atomic E-state index is 9.71. The third kappa shape index (κ3) is 3.19. The molecule has 2 atom stereocenters. The Morgan fingerprint density at radius 2 is 2.00 bits per heavy atom. The zero-order chi connectivity index (χ0) is 14.8. The number of nitrogens with zero attached hydrogens (tertiary/aromatic N) is 2. The van der Waals surface area contributed by atoms with Gasteiger partial charge in [-0.2, -0.15) is 0 Å². The number of aliphatic hydroxyl groups excluding tert-OH is 1. The molecule has 0 radical (unpaired) electrons. The van der Waals surface area contributed by atoms with Gasteiger partial charge in [0.15, 0.2) is 0 Å². The summed E-state index contributed by atoms with van der Waals surface area (Å²) in [6.45, 7) is 8.57. The standard InChI is InChI=1S/C16H25N3O/c1-12(2)18-16(4,10-20)9-13(3)19-11-17-14-7-5-6-8-15(14)19/h5-8,11-13,18,20H,9-10H2,1-4H3. The lowest BCUT2D eigenvalue weighted by molar-refractivity contribution is 0.143. The van der Waals surface area contributed by atoms with E-state index in [4.69, 9.17) is 0 Å². The van der Waals surface area contributed by atoms with E-state index < -0.39 is 0 Å². The van der Waals surface area contributed by atoms with Crippen LogP contribution in [0.2, 0.25) is 0 Å². The van der Waals surface area contributed by atoms with Crippen molar-refractivity contribution < 1.29 is 5.11 Å². The zero-order valence-electron chi connectivity index (χ0n) is 12.8. The predicted molar refractivity (Wildman–Crippen MR) is 82.8 cm³/mol. The number of aromatic nitrogens is 2. The van der Waals surface area contributed by atoms with Gasteiger partial charge in [-0.15, -0.1) is 0 Å². The second-order valence-corrected chi connectivity index (χ2v) is 6.21. The minimum atomic E-state index is -0.279. The fourth-order valence-corrected chi connectivity index (χ4v) is 2.95. The van der Waals surface area contributed by atoms with Gasteiger partial charge in [-0.05, 0) is 32.4 Å². The van der Waals surface area contributed by atoms with Crippen molar-refractivity contribution in [1.29, 1.82) is 0 Å². The molecule has 0 aliphatic carbocycles. The van der Waals surface area contributed by atoms with Crippen molar-refractivity contribution in [3.8, 4) is 0 Å². The Kier molecular flexibility index (Phi) is 4.45. The second-order valence-electron chi connectivity index (χ2n) is 6.21. The number of hydrogen-bond donors (Lipinski definition) is 2. The largest absolute Gasteiger partial charge is 0.394 e. The van der Waals surface area contributed by atoms with Gasteiger partial charge in [0.25, 0.3) is 0 Å². The van der Waals surface area contributed by atoms with Crippen LogP contribution >= 0.6 is 0 Å². The monoisotopic (exact) mass is 275 g/mol. The van der Waals surface area contributed by atoms with Crippen molar-refractivity contribution in [2.24, 2.45) is 0 Å². The molecule has 110 valence electrons. The zero-order valence-corrected chi connectivity index (χ0v) is 12.8. The molecule has 1 aromatic carbocycles.